The third kappa shape index (κ3) is 5.22. The second kappa shape index (κ2) is 8.46. The summed E-state index contributed by atoms with van der Waals surface area (Å²) in [5, 5.41) is 22.5. The van der Waals surface area contributed by atoms with Crippen LogP contribution in [0.25, 0.3) is 0 Å². The number of aromatic carboxylic acids is 1. The largest absolute Gasteiger partial charge is 0.478 e. The van der Waals surface area contributed by atoms with Crippen LogP contribution in [0, 0.1) is 15.9 Å². The van der Waals surface area contributed by atoms with Crippen LogP contribution in [0.3, 0.4) is 0 Å². The van der Waals surface area contributed by atoms with Gasteiger partial charge in [0.2, 0.25) is 0 Å². The number of nitrogens with zero attached hydrogens (tertiary/aromatic N) is 1. The van der Waals surface area contributed by atoms with Crippen LogP contribution in [0.2, 0.25) is 0 Å². The fourth-order valence-corrected chi connectivity index (χ4v) is 2.28. The van der Waals surface area contributed by atoms with Crippen molar-refractivity contribution in [2.45, 2.75) is 19.3 Å². The van der Waals surface area contributed by atoms with E-state index in [9.17, 15) is 19.3 Å². The Bertz CT molecular complexity index is 525. The fourth-order valence-electron chi connectivity index (χ4n) is 1.79. The standard InChI is InChI=1S/C13H17FN2O4S/c1-21-6-4-2-3-5-15-11-8-10(14)9(13(17)18)7-12(11)16(19)20/h7-8,15H,2-6H2,1H3,(H,17,18). The summed E-state index contributed by atoms with van der Waals surface area (Å²) >= 11 is 1.75. The Morgan fingerprint density at radius 2 is 2.14 bits per heavy atom. The molecule has 0 spiro atoms. The molecule has 0 heterocycles. The summed E-state index contributed by atoms with van der Waals surface area (Å²) in [4.78, 5) is 21.0. The van der Waals surface area contributed by atoms with Gasteiger partial charge in [-0.3, -0.25) is 10.1 Å². The molecule has 0 aliphatic carbocycles. The van der Waals surface area contributed by atoms with E-state index >= 15 is 0 Å². The molecule has 0 radical (unpaired) electrons. The minimum Gasteiger partial charge on any atom is -0.478 e. The average Bonchev–Trinajstić information content (AvgIpc) is 2.42. The van der Waals surface area contributed by atoms with Crippen LogP contribution in [0.15, 0.2) is 12.1 Å². The van der Waals surface area contributed by atoms with E-state index in [0.29, 0.717) is 6.54 Å². The zero-order valence-corrected chi connectivity index (χ0v) is 12.4. The summed E-state index contributed by atoms with van der Waals surface area (Å²) in [7, 11) is 0. The smallest absolute Gasteiger partial charge is 0.338 e. The van der Waals surface area contributed by atoms with Gasteiger partial charge in [-0.1, -0.05) is 6.42 Å². The molecule has 1 rings (SSSR count). The van der Waals surface area contributed by atoms with Crippen LogP contribution < -0.4 is 5.32 Å². The lowest BCUT2D eigenvalue weighted by molar-refractivity contribution is -0.384. The highest BCUT2D eigenvalue weighted by Crippen LogP contribution is 2.28. The first-order valence-corrected chi connectivity index (χ1v) is 7.80. The maximum absolute atomic E-state index is 13.6. The molecule has 6 nitrogen and oxygen atoms in total. The second-order valence-corrected chi connectivity index (χ2v) is 5.38. The second-order valence-electron chi connectivity index (χ2n) is 4.39. The lowest BCUT2D eigenvalue weighted by atomic mass is 10.1. The number of rotatable bonds is 9. The minimum absolute atomic E-state index is 0.00682. The first-order valence-electron chi connectivity index (χ1n) is 6.41. The van der Waals surface area contributed by atoms with Crippen molar-refractivity contribution in [2.75, 3.05) is 23.9 Å². The predicted molar refractivity (Wildman–Crippen MR) is 80.7 cm³/mol. The van der Waals surface area contributed by atoms with Crippen LogP contribution in [0.4, 0.5) is 15.8 Å². The quantitative estimate of drug-likeness (QED) is 0.412. The average molecular weight is 316 g/mol. The van der Waals surface area contributed by atoms with Gasteiger partial charge >= 0.3 is 5.97 Å². The number of thioether (sulfide) groups is 1. The number of nitro groups is 1. The molecule has 0 atom stereocenters. The van der Waals surface area contributed by atoms with Crippen LogP contribution in [0.1, 0.15) is 29.6 Å². The first-order chi connectivity index (χ1) is 9.97. The molecule has 116 valence electrons. The Morgan fingerprint density at radius 3 is 2.71 bits per heavy atom. The van der Waals surface area contributed by atoms with Gasteiger partial charge in [0.05, 0.1) is 4.92 Å². The molecule has 0 unspecified atom stereocenters. The highest BCUT2D eigenvalue weighted by Gasteiger charge is 2.21. The molecular formula is C13H17FN2O4S. The van der Waals surface area contributed by atoms with E-state index in [1.54, 1.807) is 11.8 Å². The van der Waals surface area contributed by atoms with Crippen LogP contribution in [-0.2, 0) is 0 Å². The van der Waals surface area contributed by atoms with Crippen molar-refractivity contribution in [2.24, 2.45) is 0 Å². The maximum atomic E-state index is 13.6. The monoisotopic (exact) mass is 316 g/mol. The lowest BCUT2D eigenvalue weighted by Gasteiger charge is -2.08. The zero-order valence-electron chi connectivity index (χ0n) is 11.6. The van der Waals surface area contributed by atoms with Crippen molar-refractivity contribution in [3.63, 3.8) is 0 Å². The van der Waals surface area contributed by atoms with Crippen molar-refractivity contribution in [1.82, 2.24) is 0 Å². The van der Waals surface area contributed by atoms with E-state index in [1.807, 2.05) is 6.26 Å². The molecule has 0 aromatic heterocycles. The maximum Gasteiger partial charge on any atom is 0.338 e. The lowest BCUT2D eigenvalue weighted by Crippen LogP contribution is -2.08. The Morgan fingerprint density at radius 1 is 1.43 bits per heavy atom. The summed E-state index contributed by atoms with van der Waals surface area (Å²) in [6, 6.07) is 1.61. The summed E-state index contributed by atoms with van der Waals surface area (Å²) in [6.45, 7) is 0.473. The molecule has 0 aliphatic rings. The highest BCUT2D eigenvalue weighted by atomic mass is 32.2. The van der Waals surface area contributed by atoms with Crippen LogP contribution >= 0.6 is 11.8 Å². The summed E-state index contributed by atoms with van der Waals surface area (Å²) in [5.74, 6) is -1.46. The van der Waals surface area contributed by atoms with E-state index in [2.05, 4.69) is 5.32 Å². The number of unbranched alkanes of at least 4 members (excludes halogenated alkanes) is 2. The first kappa shape index (κ1) is 17.2. The Balaban J connectivity index is 2.74. The molecule has 0 bridgehead atoms. The van der Waals surface area contributed by atoms with Crippen molar-refractivity contribution in [3.05, 3.63) is 33.6 Å². The van der Waals surface area contributed by atoms with Crippen molar-refractivity contribution < 1.29 is 19.2 Å². The zero-order chi connectivity index (χ0) is 15.8. The van der Waals surface area contributed by atoms with Gasteiger partial charge in [0.25, 0.3) is 5.69 Å². The molecule has 0 fully saturated rings. The number of anilines is 1. The third-order valence-corrected chi connectivity index (χ3v) is 3.55. The van der Waals surface area contributed by atoms with E-state index in [0.717, 1.165) is 37.1 Å². The molecule has 0 saturated carbocycles. The third-order valence-electron chi connectivity index (χ3n) is 2.85. The Labute approximate surface area is 125 Å². The van der Waals surface area contributed by atoms with Gasteiger partial charge in [-0.05, 0) is 24.9 Å². The van der Waals surface area contributed by atoms with Crippen LogP contribution in [0.5, 0.6) is 0 Å². The summed E-state index contributed by atoms with van der Waals surface area (Å²) in [5.41, 5.74) is -1.13. The van der Waals surface area contributed by atoms with E-state index in [1.165, 1.54) is 0 Å². The number of hydrogen-bond donors (Lipinski definition) is 2. The summed E-state index contributed by atoms with van der Waals surface area (Å²) < 4.78 is 13.6. The molecule has 8 heteroatoms. The molecule has 2 N–H and O–H groups in total. The number of nitrogens with one attached hydrogen (secondary N) is 1. The SMILES string of the molecule is CSCCCCCNc1cc(F)c(C(=O)O)cc1[N+](=O)[O-]. The van der Waals surface area contributed by atoms with E-state index in [-0.39, 0.29) is 5.69 Å². The molecule has 0 aliphatic heterocycles. The predicted octanol–water partition coefficient (Wildman–Crippen LogP) is 3.38. The molecule has 1 aromatic carbocycles. The number of carboxylic acid groups (broad SMARTS) is 1. The van der Waals surface area contributed by atoms with Gasteiger partial charge in [-0.2, -0.15) is 11.8 Å². The molecule has 0 saturated heterocycles. The van der Waals surface area contributed by atoms with Crippen LogP contribution in [-0.4, -0.2) is 34.6 Å². The molecule has 0 amide bonds. The molecular weight excluding hydrogens is 299 g/mol. The van der Waals surface area contributed by atoms with Crippen molar-refractivity contribution >= 4 is 29.1 Å². The van der Waals surface area contributed by atoms with Gasteiger partial charge in [0.15, 0.2) is 0 Å². The normalized spacial score (nSPS) is 10.4. The highest BCUT2D eigenvalue weighted by molar-refractivity contribution is 7.98. The van der Waals surface area contributed by atoms with E-state index in [4.69, 9.17) is 5.11 Å². The molecule has 21 heavy (non-hydrogen) atoms. The van der Waals surface area contributed by atoms with E-state index < -0.39 is 28.0 Å². The van der Waals surface area contributed by atoms with Gasteiger partial charge < -0.3 is 10.4 Å². The van der Waals surface area contributed by atoms with Gasteiger partial charge in [0.1, 0.15) is 17.1 Å². The number of carbonyl (C=O) groups is 1. The van der Waals surface area contributed by atoms with Gasteiger partial charge in [-0.15, -0.1) is 0 Å². The number of carboxylic acids is 1. The van der Waals surface area contributed by atoms with Gasteiger partial charge in [0, 0.05) is 18.7 Å². The number of hydrogen-bond acceptors (Lipinski definition) is 5. The number of nitro benzene ring substituents is 1. The Hall–Kier alpha value is -1.83. The fraction of sp³-hybridized carbons (Fsp3) is 0.462. The number of halogens is 1. The molecule has 1 aromatic rings. The topological polar surface area (TPSA) is 92.5 Å². The Kier molecular flexibility index (Phi) is 6.93. The van der Waals surface area contributed by atoms with Crippen molar-refractivity contribution in [1.29, 1.82) is 0 Å². The van der Waals surface area contributed by atoms with Crippen molar-refractivity contribution in [3.8, 4) is 0 Å². The minimum atomic E-state index is -1.53. The summed E-state index contributed by atoms with van der Waals surface area (Å²) in [6.07, 6.45) is 4.85. The van der Waals surface area contributed by atoms with Gasteiger partial charge in [-0.25, -0.2) is 9.18 Å². The number of benzene rings is 1.